The molecule has 0 spiro atoms. The molecule has 1 aromatic rings. The van der Waals surface area contributed by atoms with Gasteiger partial charge in [0.25, 0.3) is 0 Å². The van der Waals surface area contributed by atoms with Crippen molar-refractivity contribution in [1.29, 1.82) is 0 Å². The third kappa shape index (κ3) is 4.22. The number of rotatable bonds is 6. The maximum absolute atomic E-state index is 12.1. The van der Waals surface area contributed by atoms with Crippen LogP contribution >= 0.6 is 0 Å². The molecule has 1 rings (SSSR count). The number of aliphatic hydroxyl groups is 1. The zero-order valence-electron chi connectivity index (χ0n) is 11.3. The van der Waals surface area contributed by atoms with Crippen LogP contribution in [0.15, 0.2) is 35.2 Å². The van der Waals surface area contributed by atoms with Gasteiger partial charge in [0.1, 0.15) is 0 Å². The van der Waals surface area contributed by atoms with Gasteiger partial charge in [-0.25, -0.2) is 8.42 Å². The lowest BCUT2D eigenvalue weighted by atomic mass is 10.3. The highest BCUT2D eigenvalue weighted by Crippen LogP contribution is 2.26. The lowest BCUT2D eigenvalue weighted by Gasteiger charge is -2.26. The molecule has 0 bridgehead atoms. The molecule has 0 saturated carbocycles. The topological polar surface area (TPSA) is 54.4 Å². The zero-order chi connectivity index (χ0) is 13.8. The lowest BCUT2D eigenvalue weighted by Crippen LogP contribution is -2.32. The second-order valence-electron chi connectivity index (χ2n) is 5.67. The lowest BCUT2D eigenvalue weighted by molar-refractivity contribution is 0.283. The first-order chi connectivity index (χ1) is 8.27. The third-order valence-corrected chi connectivity index (χ3v) is 7.97. The first kappa shape index (κ1) is 15.4. The Labute approximate surface area is 111 Å². The second-order valence-corrected chi connectivity index (χ2v) is 13.3. The fourth-order valence-electron chi connectivity index (χ4n) is 1.84. The van der Waals surface area contributed by atoms with Crippen molar-refractivity contribution in [3.05, 3.63) is 30.3 Å². The SMILES string of the molecule is C[Si](C)(C)C(CO)CCS(=O)(=O)c1ccccc1. The van der Waals surface area contributed by atoms with Gasteiger partial charge in [0.05, 0.1) is 10.6 Å². The molecule has 0 saturated heterocycles. The van der Waals surface area contributed by atoms with E-state index in [0.29, 0.717) is 11.3 Å². The predicted octanol–water partition coefficient (Wildman–Crippen LogP) is 2.55. The summed E-state index contributed by atoms with van der Waals surface area (Å²) in [6, 6.07) is 8.51. The standard InChI is InChI=1S/C13H22O3SSi/c1-18(2,3)13(11-14)9-10-17(15,16)12-7-5-4-6-8-12/h4-8,13-14H,9-11H2,1-3H3. The predicted molar refractivity (Wildman–Crippen MR) is 77.3 cm³/mol. The molecule has 5 heteroatoms. The van der Waals surface area contributed by atoms with Gasteiger partial charge in [-0.2, -0.15) is 0 Å². The van der Waals surface area contributed by atoms with Crippen molar-refractivity contribution in [3.8, 4) is 0 Å². The van der Waals surface area contributed by atoms with E-state index in [0.717, 1.165) is 0 Å². The van der Waals surface area contributed by atoms with Crippen LogP contribution in [0, 0.1) is 0 Å². The highest BCUT2D eigenvalue weighted by molar-refractivity contribution is 7.91. The summed E-state index contributed by atoms with van der Waals surface area (Å²) in [6.07, 6.45) is 0.545. The molecule has 1 aromatic carbocycles. The van der Waals surface area contributed by atoms with Crippen molar-refractivity contribution in [2.45, 2.75) is 36.5 Å². The summed E-state index contributed by atoms with van der Waals surface area (Å²) in [6.45, 7) is 6.55. The largest absolute Gasteiger partial charge is 0.396 e. The van der Waals surface area contributed by atoms with Crippen LogP contribution in [0.5, 0.6) is 0 Å². The molecule has 0 radical (unpaired) electrons. The molecule has 0 fully saturated rings. The summed E-state index contributed by atoms with van der Waals surface area (Å²) in [4.78, 5) is 0.372. The van der Waals surface area contributed by atoms with Crippen LogP contribution < -0.4 is 0 Å². The molecule has 1 N–H and O–H groups in total. The van der Waals surface area contributed by atoms with Crippen molar-refractivity contribution >= 4 is 17.9 Å². The van der Waals surface area contributed by atoms with Gasteiger partial charge in [-0.1, -0.05) is 37.8 Å². The van der Waals surface area contributed by atoms with E-state index in [1.54, 1.807) is 30.3 Å². The van der Waals surface area contributed by atoms with Crippen molar-refractivity contribution in [2.24, 2.45) is 0 Å². The van der Waals surface area contributed by atoms with Crippen LogP contribution in [0.25, 0.3) is 0 Å². The minimum Gasteiger partial charge on any atom is -0.396 e. The minimum absolute atomic E-state index is 0.0834. The highest BCUT2D eigenvalue weighted by atomic mass is 32.2. The minimum atomic E-state index is -3.21. The van der Waals surface area contributed by atoms with Crippen molar-refractivity contribution in [3.63, 3.8) is 0 Å². The Bertz CT molecular complexity index is 463. The van der Waals surface area contributed by atoms with Gasteiger partial charge in [-0.15, -0.1) is 0 Å². The molecule has 0 heterocycles. The van der Waals surface area contributed by atoms with E-state index in [1.807, 2.05) is 0 Å². The Kier molecular flexibility index (Phi) is 5.13. The molecular weight excluding hydrogens is 264 g/mol. The molecule has 1 atom stereocenters. The zero-order valence-corrected chi connectivity index (χ0v) is 13.1. The molecule has 0 aliphatic rings. The molecule has 3 nitrogen and oxygen atoms in total. The second kappa shape index (κ2) is 5.99. The third-order valence-electron chi connectivity index (χ3n) is 3.28. The molecule has 102 valence electrons. The van der Waals surface area contributed by atoms with Crippen LogP contribution in [0.4, 0.5) is 0 Å². The van der Waals surface area contributed by atoms with E-state index in [9.17, 15) is 13.5 Å². The Morgan fingerprint density at radius 1 is 1.17 bits per heavy atom. The van der Waals surface area contributed by atoms with Crippen LogP contribution in [-0.4, -0.2) is 34.0 Å². The van der Waals surface area contributed by atoms with Gasteiger partial charge in [0.15, 0.2) is 9.84 Å². The van der Waals surface area contributed by atoms with Crippen LogP contribution in [0.2, 0.25) is 25.2 Å². The Morgan fingerprint density at radius 3 is 2.17 bits per heavy atom. The van der Waals surface area contributed by atoms with Gasteiger partial charge in [0.2, 0.25) is 0 Å². The molecular formula is C13H22O3SSi. The smallest absolute Gasteiger partial charge is 0.178 e. The summed E-state index contributed by atoms with van der Waals surface area (Å²) in [5.41, 5.74) is 0.135. The number of hydrogen-bond donors (Lipinski definition) is 1. The van der Waals surface area contributed by atoms with Crippen LogP contribution in [0.3, 0.4) is 0 Å². The number of hydrogen-bond acceptors (Lipinski definition) is 3. The average molecular weight is 286 g/mol. The highest BCUT2D eigenvalue weighted by Gasteiger charge is 2.27. The molecule has 0 aromatic heterocycles. The number of benzene rings is 1. The summed E-state index contributed by atoms with van der Waals surface area (Å²) in [5, 5.41) is 9.37. The fraction of sp³-hybridized carbons (Fsp3) is 0.538. The van der Waals surface area contributed by atoms with E-state index in [-0.39, 0.29) is 17.9 Å². The normalized spacial score (nSPS) is 14.4. The summed E-state index contributed by atoms with van der Waals surface area (Å²) >= 11 is 0. The van der Waals surface area contributed by atoms with Crippen LogP contribution in [0.1, 0.15) is 6.42 Å². The summed E-state index contributed by atoms with van der Waals surface area (Å²) in [5.74, 6) is 0.118. The van der Waals surface area contributed by atoms with Crippen molar-refractivity contribution < 1.29 is 13.5 Å². The van der Waals surface area contributed by atoms with Gasteiger partial charge in [-0.05, 0) is 24.1 Å². The maximum Gasteiger partial charge on any atom is 0.178 e. The Hall–Kier alpha value is -0.653. The number of sulfone groups is 1. The summed E-state index contributed by atoms with van der Waals surface area (Å²) in [7, 11) is -4.72. The van der Waals surface area contributed by atoms with Gasteiger partial charge in [0, 0.05) is 14.7 Å². The fourth-order valence-corrected chi connectivity index (χ4v) is 5.01. The quantitative estimate of drug-likeness (QED) is 0.818. The Morgan fingerprint density at radius 2 is 1.72 bits per heavy atom. The van der Waals surface area contributed by atoms with E-state index >= 15 is 0 Å². The Balaban J connectivity index is 2.74. The maximum atomic E-state index is 12.1. The molecule has 0 amide bonds. The van der Waals surface area contributed by atoms with Gasteiger partial charge in [-0.3, -0.25) is 0 Å². The van der Waals surface area contributed by atoms with E-state index < -0.39 is 17.9 Å². The van der Waals surface area contributed by atoms with E-state index in [2.05, 4.69) is 19.6 Å². The summed E-state index contributed by atoms with van der Waals surface area (Å²) < 4.78 is 24.2. The van der Waals surface area contributed by atoms with Gasteiger partial charge < -0.3 is 5.11 Å². The molecule has 0 aliphatic carbocycles. The van der Waals surface area contributed by atoms with Gasteiger partial charge >= 0.3 is 0 Å². The first-order valence-corrected chi connectivity index (χ1v) is 11.4. The number of aliphatic hydroxyl groups excluding tert-OH is 1. The van der Waals surface area contributed by atoms with Crippen molar-refractivity contribution in [2.75, 3.05) is 12.4 Å². The first-order valence-electron chi connectivity index (χ1n) is 6.16. The average Bonchev–Trinajstić information content (AvgIpc) is 2.29. The monoisotopic (exact) mass is 286 g/mol. The molecule has 0 aliphatic heterocycles. The van der Waals surface area contributed by atoms with E-state index in [1.165, 1.54) is 0 Å². The van der Waals surface area contributed by atoms with Crippen molar-refractivity contribution in [1.82, 2.24) is 0 Å². The molecule has 18 heavy (non-hydrogen) atoms. The van der Waals surface area contributed by atoms with E-state index in [4.69, 9.17) is 0 Å². The van der Waals surface area contributed by atoms with Crippen LogP contribution in [-0.2, 0) is 9.84 Å². The molecule has 1 unspecified atom stereocenters.